The molecule has 0 aliphatic heterocycles. The Kier molecular flexibility index (Phi) is 9.24. The lowest BCUT2D eigenvalue weighted by molar-refractivity contribution is 0.302. The summed E-state index contributed by atoms with van der Waals surface area (Å²) in [6.45, 7) is 4.39. The smallest absolute Gasteiger partial charge is 0.139 e. The molecule has 1 aliphatic rings. The number of hydrogen-bond acceptors (Lipinski definition) is 0. The monoisotopic (exact) mass is 414 g/mol. The summed E-state index contributed by atoms with van der Waals surface area (Å²) >= 11 is 0. The SMILES string of the molecule is CCCC#Cc1ccc(C#Cc2ccc(C3CCC(CCCCC)CC3)cc2F)cc1. The van der Waals surface area contributed by atoms with Gasteiger partial charge in [0.15, 0.2) is 0 Å². The number of rotatable bonds is 6. The van der Waals surface area contributed by atoms with Gasteiger partial charge in [-0.2, -0.15) is 0 Å². The van der Waals surface area contributed by atoms with Crippen LogP contribution >= 0.6 is 0 Å². The molecule has 3 rings (SSSR count). The van der Waals surface area contributed by atoms with Gasteiger partial charge >= 0.3 is 0 Å². The first-order chi connectivity index (χ1) is 15.2. The highest BCUT2D eigenvalue weighted by Crippen LogP contribution is 2.38. The topological polar surface area (TPSA) is 0 Å². The second-order valence-electron chi connectivity index (χ2n) is 8.83. The van der Waals surface area contributed by atoms with E-state index in [1.54, 1.807) is 6.07 Å². The van der Waals surface area contributed by atoms with Crippen molar-refractivity contribution in [1.82, 2.24) is 0 Å². The zero-order valence-electron chi connectivity index (χ0n) is 19.1. The summed E-state index contributed by atoms with van der Waals surface area (Å²) in [6, 6.07) is 13.5. The van der Waals surface area contributed by atoms with Crippen molar-refractivity contribution in [3.8, 4) is 23.7 Å². The summed E-state index contributed by atoms with van der Waals surface area (Å²) < 4.78 is 14.7. The molecule has 0 atom stereocenters. The normalized spacial score (nSPS) is 17.9. The predicted octanol–water partition coefficient (Wildman–Crippen LogP) is 8.23. The molecule has 0 amide bonds. The number of hydrogen-bond donors (Lipinski definition) is 0. The van der Waals surface area contributed by atoms with E-state index >= 15 is 0 Å². The third-order valence-electron chi connectivity index (χ3n) is 6.36. The van der Waals surface area contributed by atoms with Crippen LogP contribution in [-0.2, 0) is 0 Å². The Bertz CT molecular complexity index is 938. The van der Waals surface area contributed by atoms with Crippen molar-refractivity contribution in [3.63, 3.8) is 0 Å². The molecule has 1 aliphatic carbocycles. The van der Waals surface area contributed by atoms with Crippen molar-refractivity contribution in [3.05, 3.63) is 70.5 Å². The Labute approximate surface area is 188 Å². The van der Waals surface area contributed by atoms with Crippen LogP contribution in [0.2, 0.25) is 0 Å². The van der Waals surface area contributed by atoms with Crippen molar-refractivity contribution < 1.29 is 4.39 Å². The molecule has 2 aromatic rings. The minimum atomic E-state index is -0.197. The second kappa shape index (κ2) is 12.4. The Morgan fingerprint density at radius 2 is 1.52 bits per heavy atom. The number of halogens is 1. The van der Waals surface area contributed by atoms with E-state index in [2.05, 4.69) is 43.6 Å². The summed E-state index contributed by atoms with van der Waals surface area (Å²) in [5, 5.41) is 0. The van der Waals surface area contributed by atoms with Crippen LogP contribution in [0.4, 0.5) is 4.39 Å². The molecule has 0 radical (unpaired) electrons. The van der Waals surface area contributed by atoms with Crippen LogP contribution in [0.25, 0.3) is 0 Å². The molecular weight excluding hydrogens is 379 g/mol. The zero-order valence-corrected chi connectivity index (χ0v) is 19.1. The molecule has 0 unspecified atom stereocenters. The molecule has 0 spiro atoms. The summed E-state index contributed by atoms with van der Waals surface area (Å²) in [4.78, 5) is 0. The molecule has 0 aromatic heterocycles. The van der Waals surface area contributed by atoms with E-state index in [9.17, 15) is 4.39 Å². The maximum atomic E-state index is 14.7. The van der Waals surface area contributed by atoms with Gasteiger partial charge in [-0.05, 0) is 85.9 Å². The molecule has 0 nitrogen and oxygen atoms in total. The molecule has 2 aromatic carbocycles. The molecule has 162 valence electrons. The first-order valence-electron chi connectivity index (χ1n) is 12.1. The maximum absolute atomic E-state index is 14.7. The molecule has 0 heterocycles. The van der Waals surface area contributed by atoms with Gasteiger partial charge in [0.2, 0.25) is 0 Å². The zero-order chi connectivity index (χ0) is 21.9. The van der Waals surface area contributed by atoms with Gasteiger partial charge in [0, 0.05) is 17.5 Å². The molecule has 31 heavy (non-hydrogen) atoms. The number of unbranched alkanes of at least 4 members (excludes halogenated alkanes) is 3. The van der Waals surface area contributed by atoms with Gasteiger partial charge in [0.1, 0.15) is 5.82 Å². The molecule has 0 saturated heterocycles. The average molecular weight is 415 g/mol. The lowest BCUT2D eigenvalue weighted by Crippen LogP contribution is -2.13. The van der Waals surface area contributed by atoms with Crippen LogP contribution < -0.4 is 0 Å². The lowest BCUT2D eigenvalue weighted by Gasteiger charge is -2.29. The first kappa shape index (κ1) is 23.2. The standard InChI is InChI=1S/C30H35F/c1-3-5-7-9-24-11-13-26(14-12-24)17-20-28-21-22-29(23-30(28)31)27-18-15-25(16-19-27)10-8-6-4-2/h11-14,21-23,25,27H,3-6,8,10,15-16,18-19H2,1-2H3. The quantitative estimate of drug-likeness (QED) is 0.330. The second-order valence-corrected chi connectivity index (χ2v) is 8.83. The van der Waals surface area contributed by atoms with Crippen LogP contribution in [0.5, 0.6) is 0 Å². The first-order valence-corrected chi connectivity index (χ1v) is 12.1. The number of benzene rings is 2. The van der Waals surface area contributed by atoms with Crippen molar-refractivity contribution >= 4 is 0 Å². The van der Waals surface area contributed by atoms with Crippen LogP contribution in [0.3, 0.4) is 0 Å². The Morgan fingerprint density at radius 3 is 2.16 bits per heavy atom. The van der Waals surface area contributed by atoms with E-state index in [0.717, 1.165) is 35.4 Å². The fourth-order valence-corrected chi connectivity index (χ4v) is 4.42. The highest BCUT2D eigenvalue weighted by atomic mass is 19.1. The highest BCUT2D eigenvalue weighted by Gasteiger charge is 2.22. The van der Waals surface area contributed by atoms with Gasteiger partial charge in [-0.1, -0.05) is 69.3 Å². The van der Waals surface area contributed by atoms with Gasteiger partial charge in [-0.15, -0.1) is 0 Å². The average Bonchev–Trinajstić information content (AvgIpc) is 2.80. The van der Waals surface area contributed by atoms with Gasteiger partial charge in [0.25, 0.3) is 0 Å². The fourth-order valence-electron chi connectivity index (χ4n) is 4.42. The van der Waals surface area contributed by atoms with Crippen LogP contribution in [0.1, 0.15) is 106 Å². The molecular formula is C30H35F. The summed E-state index contributed by atoms with van der Waals surface area (Å²) in [5.74, 6) is 13.6. The Hall–Kier alpha value is -2.51. The third kappa shape index (κ3) is 7.29. The van der Waals surface area contributed by atoms with E-state index < -0.39 is 0 Å². The largest absolute Gasteiger partial charge is 0.206 e. The predicted molar refractivity (Wildman–Crippen MR) is 129 cm³/mol. The molecule has 0 bridgehead atoms. The molecule has 1 saturated carbocycles. The van der Waals surface area contributed by atoms with Crippen molar-refractivity contribution in [2.75, 3.05) is 0 Å². The highest BCUT2D eigenvalue weighted by molar-refractivity contribution is 5.47. The Morgan fingerprint density at radius 1 is 0.806 bits per heavy atom. The fraction of sp³-hybridized carbons (Fsp3) is 0.467. The molecule has 1 fully saturated rings. The minimum absolute atomic E-state index is 0.197. The summed E-state index contributed by atoms with van der Waals surface area (Å²) in [6.07, 6.45) is 12.3. The molecule has 0 N–H and O–H groups in total. The van der Waals surface area contributed by atoms with E-state index in [-0.39, 0.29) is 5.82 Å². The third-order valence-corrected chi connectivity index (χ3v) is 6.36. The van der Waals surface area contributed by atoms with E-state index in [4.69, 9.17) is 0 Å². The maximum Gasteiger partial charge on any atom is 0.139 e. The van der Waals surface area contributed by atoms with E-state index in [1.165, 1.54) is 51.4 Å². The minimum Gasteiger partial charge on any atom is -0.206 e. The van der Waals surface area contributed by atoms with Gasteiger partial charge < -0.3 is 0 Å². The van der Waals surface area contributed by atoms with Crippen LogP contribution in [-0.4, -0.2) is 0 Å². The van der Waals surface area contributed by atoms with Crippen molar-refractivity contribution in [2.45, 2.75) is 84.0 Å². The lowest BCUT2D eigenvalue weighted by atomic mass is 9.77. The van der Waals surface area contributed by atoms with E-state index in [1.807, 2.05) is 30.3 Å². The van der Waals surface area contributed by atoms with E-state index in [0.29, 0.717) is 11.5 Å². The van der Waals surface area contributed by atoms with Crippen LogP contribution in [0, 0.1) is 35.4 Å². The van der Waals surface area contributed by atoms with Gasteiger partial charge in [-0.3, -0.25) is 0 Å². The summed E-state index contributed by atoms with van der Waals surface area (Å²) in [7, 11) is 0. The summed E-state index contributed by atoms with van der Waals surface area (Å²) in [5.41, 5.74) is 3.49. The van der Waals surface area contributed by atoms with Crippen molar-refractivity contribution in [1.29, 1.82) is 0 Å². The Balaban J connectivity index is 1.58. The molecule has 1 heteroatoms. The van der Waals surface area contributed by atoms with Gasteiger partial charge in [0.05, 0.1) is 5.56 Å². The van der Waals surface area contributed by atoms with Gasteiger partial charge in [-0.25, -0.2) is 4.39 Å². The van der Waals surface area contributed by atoms with Crippen molar-refractivity contribution in [2.24, 2.45) is 5.92 Å². The van der Waals surface area contributed by atoms with Crippen LogP contribution in [0.15, 0.2) is 42.5 Å².